The molecule has 1 aromatic rings. The summed E-state index contributed by atoms with van der Waals surface area (Å²) in [6.45, 7) is 3.10. The molecule has 1 aromatic heterocycles. The second-order valence-corrected chi connectivity index (χ2v) is 4.86. The molecule has 0 radical (unpaired) electrons. The third-order valence-electron chi connectivity index (χ3n) is 3.56. The van der Waals surface area contributed by atoms with Gasteiger partial charge in [0, 0.05) is 32.4 Å². The van der Waals surface area contributed by atoms with Crippen molar-refractivity contribution >= 4 is 0 Å². The molecule has 4 heteroatoms. The van der Waals surface area contributed by atoms with E-state index in [1.165, 1.54) is 24.9 Å². The first kappa shape index (κ1) is 12.2. The third-order valence-corrected chi connectivity index (χ3v) is 3.56. The standard InChI is InChI=1S/C13H20N4/c1-16-5-3-4-12(16)9-15-8-11-6-13(7-14)17(2)10-11/h6,10,12,15H,3-5,8-9H2,1-2H3. The molecule has 2 heterocycles. The molecular weight excluding hydrogens is 212 g/mol. The Balaban J connectivity index is 1.80. The summed E-state index contributed by atoms with van der Waals surface area (Å²) in [7, 11) is 4.10. The number of nitriles is 1. The minimum atomic E-state index is 0.675. The number of nitrogens with one attached hydrogen (secondary N) is 1. The summed E-state index contributed by atoms with van der Waals surface area (Å²) < 4.78 is 1.87. The van der Waals surface area contributed by atoms with E-state index < -0.39 is 0 Å². The lowest BCUT2D eigenvalue weighted by Gasteiger charge is -2.19. The molecule has 1 N–H and O–H groups in total. The summed E-state index contributed by atoms with van der Waals surface area (Å²) in [4.78, 5) is 2.42. The highest BCUT2D eigenvalue weighted by molar-refractivity contribution is 5.28. The number of hydrogen-bond donors (Lipinski definition) is 1. The minimum Gasteiger partial charge on any atom is -0.342 e. The van der Waals surface area contributed by atoms with Crippen LogP contribution in [-0.2, 0) is 13.6 Å². The van der Waals surface area contributed by atoms with Gasteiger partial charge in [-0.3, -0.25) is 0 Å². The summed E-state index contributed by atoms with van der Waals surface area (Å²) >= 11 is 0. The zero-order valence-corrected chi connectivity index (χ0v) is 10.6. The number of hydrogen-bond acceptors (Lipinski definition) is 3. The van der Waals surface area contributed by atoms with Crippen LogP contribution in [0.2, 0.25) is 0 Å². The van der Waals surface area contributed by atoms with E-state index in [1.807, 2.05) is 23.9 Å². The zero-order chi connectivity index (χ0) is 12.3. The fourth-order valence-electron chi connectivity index (χ4n) is 2.46. The van der Waals surface area contributed by atoms with Gasteiger partial charge in [0.2, 0.25) is 0 Å². The Labute approximate surface area is 103 Å². The Morgan fingerprint density at radius 3 is 2.94 bits per heavy atom. The van der Waals surface area contributed by atoms with Crippen LogP contribution in [0, 0.1) is 11.3 Å². The molecule has 1 saturated heterocycles. The fourth-order valence-corrected chi connectivity index (χ4v) is 2.46. The Morgan fingerprint density at radius 2 is 2.35 bits per heavy atom. The summed E-state index contributed by atoms with van der Waals surface area (Å²) in [6, 6.07) is 4.81. The maximum absolute atomic E-state index is 8.87. The molecule has 1 aliphatic heterocycles. The van der Waals surface area contributed by atoms with E-state index in [0.717, 1.165) is 18.8 Å². The predicted molar refractivity (Wildman–Crippen MR) is 67.5 cm³/mol. The van der Waals surface area contributed by atoms with Crippen LogP contribution in [0.5, 0.6) is 0 Å². The first-order valence-corrected chi connectivity index (χ1v) is 6.17. The zero-order valence-electron chi connectivity index (χ0n) is 10.6. The van der Waals surface area contributed by atoms with Crippen molar-refractivity contribution in [3.63, 3.8) is 0 Å². The van der Waals surface area contributed by atoms with Crippen molar-refractivity contribution in [2.45, 2.75) is 25.4 Å². The van der Waals surface area contributed by atoms with Crippen LogP contribution < -0.4 is 5.32 Å². The highest BCUT2D eigenvalue weighted by Gasteiger charge is 2.19. The van der Waals surface area contributed by atoms with Crippen molar-refractivity contribution < 1.29 is 0 Å². The molecule has 1 fully saturated rings. The van der Waals surface area contributed by atoms with Gasteiger partial charge in [0.1, 0.15) is 11.8 Å². The van der Waals surface area contributed by atoms with E-state index in [0.29, 0.717) is 6.04 Å². The maximum Gasteiger partial charge on any atom is 0.120 e. The van der Waals surface area contributed by atoms with Crippen LogP contribution in [0.25, 0.3) is 0 Å². The van der Waals surface area contributed by atoms with Gasteiger partial charge in [-0.2, -0.15) is 5.26 Å². The Morgan fingerprint density at radius 1 is 1.53 bits per heavy atom. The van der Waals surface area contributed by atoms with Crippen molar-refractivity contribution in [2.24, 2.45) is 7.05 Å². The molecule has 17 heavy (non-hydrogen) atoms. The van der Waals surface area contributed by atoms with Gasteiger partial charge in [-0.1, -0.05) is 0 Å². The molecule has 1 unspecified atom stereocenters. The van der Waals surface area contributed by atoms with Crippen LogP contribution in [-0.4, -0.2) is 35.6 Å². The molecule has 0 aliphatic carbocycles. The van der Waals surface area contributed by atoms with Crippen molar-refractivity contribution in [1.82, 2.24) is 14.8 Å². The highest BCUT2D eigenvalue weighted by atomic mass is 15.2. The molecule has 2 rings (SSSR count). The minimum absolute atomic E-state index is 0.675. The summed E-state index contributed by atoms with van der Waals surface area (Å²) in [6.07, 6.45) is 4.62. The van der Waals surface area contributed by atoms with Gasteiger partial charge >= 0.3 is 0 Å². The van der Waals surface area contributed by atoms with E-state index in [1.54, 1.807) is 0 Å². The van der Waals surface area contributed by atoms with Crippen LogP contribution >= 0.6 is 0 Å². The summed E-state index contributed by atoms with van der Waals surface area (Å²) in [5.41, 5.74) is 1.91. The first-order chi connectivity index (χ1) is 8.20. The van der Waals surface area contributed by atoms with Crippen molar-refractivity contribution in [3.05, 3.63) is 23.5 Å². The van der Waals surface area contributed by atoms with Crippen molar-refractivity contribution in [1.29, 1.82) is 5.26 Å². The first-order valence-electron chi connectivity index (χ1n) is 6.17. The summed E-state index contributed by atoms with van der Waals surface area (Å²) in [5.74, 6) is 0. The molecule has 0 amide bonds. The highest BCUT2D eigenvalue weighted by Crippen LogP contribution is 2.13. The molecule has 4 nitrogen and oxygen atoms in total. The lowest BCUT2D eigenvalue weighted by atomic mass is 10.2. The molecule has 1 atom stereocenters. The van der Waals surface area contributed by atoms with Gasteiger partial charge in [0.15, 0.2) is 0 Å². The molecule has 0 spiro atoms. The molecule has 92 valence electrons. The maximum atomic E-state index is 8.87. The van der Waals surface area contributed by atoms with E-state index in [-0.39, 0.29) is 0 Å². The lowest BCUT2D eigenvalue weighted by Crippen LogP contribution is -2.35. The fraction of sp³-hybridized carbons (Fsp3) is 0.615. The van der Waals surface area contributed by atoms with Gasteiger partial charge in [-0.15, -0.1) is 0 Å². The number of likely N-dealkylation sites (N-methyl/N-ethyl adjacent to an activating group) is 1. The molecule has 1 aliphatic rings. The van der Waals surface area contributed by atoms with Gasteiger partial charge in [0.25, 0.3) is 0 Å². The number of rotatable bonds is 4. The van der Waals surface area contributed by atoms with E-state index >= 15 is 0 Å². The smallest absolute Gasteiger partial charge is 0.120 e. The van der Waals surface area contributed by atoms with E-state index in [4.69, 9.17) is 5.26 Å². The van der Waals surface area contributed by atoms with Crippen LogP contribution in [0.3, 0.4) is 0 Å². The van der Waals surface area contributed by atoms with Gasteiger partial charge in [-0.25, -0.2) is 0 Å². The average molecular weight is 232 g/mol. The molecule has 0 bridgehead atoms. The third kappa shape index (κ3) is 2.87. The normalized spacial score (nSPS) is 20.6. The Hall–Kier alpha value is -1.31. The van der Waals surface area contributed by atoms with Crippen LogP contribution in [0.1, 0.15) is 24.1 Å². The van der Waals surface area contributed by atoms with Gasteiger partial charge in [0.05, 0.1) is 0 Å². The van der Waals surface area contributed by atoms with Crippen LogP contribution in [0.15, 0.2) is 12.3 Å². The SMILES string of the molecule is CN1CCCC1CNCc1cc(C#N)n(C)c1. The topological polar surface area (TPSA) is 44.0 Å². The number of aromatic nitrogens is 1. The van der Waals surface area contributed by atoms with Gasteiger partial charge < -0.3 is 14.8 Å². The Kier molecular flexibility index (Phi) is 3.82. The monoisotopic (exact) mass is 232 g/mol. The predicted octanol–water partition coefficient (Wildman–Crippen LogP) is 1.08. The average Bonchev–Trinajstić information content (AvgIpc) is 2.86. The second kappa shape index (κ2) is 5.35. The van der Waals surface area contributed by atoms with E-state index in [2.05, 4.69) is 23.3 Å². The number of aryl methyl sites for hydroxylation is 1. The molecular formula is C13H20N4. The molecule has 0 saturated carbocycles. The van der Waals surface area contributed by atoms with Crippen LogP contribution in [0.4, 0.5) is 0 Å². The van der Waals surface area contributed by atoms with Gasteiger partial charge in [-0.05, 0) is 38.1 Å². The van der Waals surface area contributed by atoms with Crippen molar-refractivity contribution in [3.8, 4) is 6.07 Å². The second-order valence-electron chi connectivity index (χ2n) is 4.86. The quantitative estimate of drug-likeness (QED) is 0.845. The molecule has 0 aromatic carbocycles. The van der Waals surface area contributed by atoms with E-state index in [9.17, 15) is 0 Å². The number of likely N-dealkylation sites (tertiary alicyclic amines) is 1. The Bertz CT molecular complexity index is 416. The number of nitrogens with zero attached hydrogens (tertiary/aromatic N) is 3. The summed E-state index contributed by atoms with van der Waals surface area (Å²) in [5, 5.41) is 12.3. The lowest BCUT2D eigenvalue weighted by molar-refractivity contribution is 0.300. The largest absolute Gasteiger partial charge is 0.342 e. The van der Waals surface area contributed by atoms with Crippen molar-refractivity contribution in [2.75, 3.05) is 20.1 Å².